The molecule has 2 fully saturated rings. The maximum atomic E-state index is 13.1. The second-order valence-corrected chi connectivity index (χ2v) is 11.0. The van der Waals surface area contributed by atoms with Gasteiger partial charge in [-0.25, -0.2) is 9.97 Å². The van der Waals surface area contributed by atoms with Crippen LogP contribution in [0.25, 0.3) is 22.2 Å². The summed E-state index contributed by atoms with van der Waals surface area (Å²) >= 11 is 0. The van der Waals surface area contributed by atoms with E-state index in [2.05, 4.69) is 31.0 Å². The lowest BCUT2D eigenvalue weighted by Crippen LogP contribution is -2.51. The smallest absolute Gasteiger partial charge is 0.239 e. The molecule has 0 bridgehead atoms. The van der Waals surface area contributed by atoms with Gasteiger partial charge in [0, 0.05) is 61.8 Å². The minimum absolute atomic E-state index is 0.00930. The van der Waals surface area contributed by atoms with Gasteiger partial charge >= 0.3 is 0 Å². The van der Waals surface area contributed by atoms with Crippen LogP contribution in [0.15, 0.2) is 36.7 Å². The van der Waals surface area contributed by atoms with Crippen LogP contribution in [-0.4, -0.2) is 91.5 Å². The van der Waals surface area contributed by atoms with Crippen LogP contribution in [0, 0.1) is 19.8 Å². The predicted molar refractivity (Wildman–Crippen MR) is 158 cm³/mol. The standard InChI is InChI=1S/C29H34N10O3/c1-17-12-32-29(34-23-11-18(2)37(3)36-23)35-26(17)21-13-31-27-20(21)5-4-6-22(27)33-25(41)15-38-9-7-19(14-38)28(42)39-10-8-30-24(40)16-39/h4-6,11-13,19,31H,7-10,14-16H2,1-3H3,(H,30,40)(H,33,41)(H,32,34,35,36)/t19-/m0/s1. The third-order valence-corrected chi connectivity index (χ3v) is 7.91. The van der Waals surface area contributed by atoms with Crippen molar-refractivity contribution in [2.24, 2.45) is 13.0 Å². The number of aromatic amines is 1. The molecule has 0 saturated carbocycles. The fraction of sp³-hybridized carbons (Fsp3) is 0.379. The Labute approximate surface area is 242 Å². The highest BCUT2D eigenvalue weighted by Gasteiger charge is 2.33. The molecule has 218 valence electrons. The SMILES string of the molecule is Cc1cnc(Nc2cc(C)n(C)n2)nc1-c1c[nH]c2c(NC(=O)CN3CC[C@H](C(=O)N4CCNC(=O)C4)C3)cccc12. The molecule has 1 aromatic carbocycles. The number of H-pyrrole nitrogens is 1. The summed E-state index contributed by atoms with van der Waals surface area (Å²) in [5, 5.41) is 14.3. The van der Waals surface area contributed by atoms with E-state index in [-0.39, 0.29) is 36.7 Å². The molecule has 2 aliphatic heterocycles. The van der Waals surface area contributed by atoms with Gasteiger partial charge in [0.25, 0.3) is 0 Å². The van der Waals surface area contributed by atoms with Gasteiger partial charge in [0.15, 0.2) is 5.82 Å². The monoisotopic (exact) mass is 570 g/mol. The van der Waals surface area contributed by atoms with Gasteiger partial charge in [-0.3, -0.25) is 24.0 Å². The number of nitrogens with zero attached hydrogens (tertiary/aromatic N) is 6. The van der Waals surface area contributed by atoms with E-state index in [0.29, 0.717) is 50.1 Å². The number of likely N-dealkylation sites (tertiary alicyclic amines) is 1. The molecule has 0 spiro atoms. The minimum Gasteiger partial charge on any atom is -0.359 e. The van der Waals surface area contributed by atoms with E-state index in [1.807, 2.05) is 56.3 Å². The van der Waals surface area contributed by atoms with Crippen molar-refractivity contribution in [3.8, 4) is 11.3 Å². The van der Waals surface area contributed by atoms with Crippen molar-refractivity contribution in [1.82, 2.24) is 39.8 Å². The molecular formula is C29H34N10O3. The summed E-state index contributed by atoms with van der Waals surface area (Å²) in [7, 11) is 1.88. The van der Waals surface area contributed by atoms with E-state index in [0.717, 1.165) is 33.4 Å². The molecule has 42 heavy (non-hydrogen) atoms. The van der Waals surface area contributed by atoms with Crippen LogP contribution in [0.3, 0.4) is 0 Å². The van der Waals surface area contributed by atoms with E-state index < -0.39 is 0 Å². The normalized spacial score (nSPS) is 17.5. The van der Waals surface area contributed by atoms with Crippen molar-refractivity contribution < 1.29 is 14.4 Å². The van der Waals surface area contributed by atoms with Gasteiger partial charge in [0.05, 0.1) is 35.9 Å². The number of fused-ring (bicyclic) bond motifs is 1. The third kappa shape index (κ3) is 5.55. The molecular weight excluding hydrogens is 536 g/mol. The average Bonchev–Trinajstić information content (AvgIpc) is 3.68. The van der Waals surface area contributed by atoms with Crippen LogP contribution in [0.4, 0.5) is 17.5 Å². The number of piperazine rings is 1. The van der Waals surface area contributed by atoms with Gasteiger partial charge in [-0.1, -0.05) is 12.1 Å². The number of amides is 3. The van der Waals surface area contributed by atoms with Gasteiger partial charge in [-0.2, -0.15) is 5.10 Å². The number of carbonyl (C=O) groups excluding carboxylic acids is 3. The van der Waals surface area contributed by atoms with Crippen LogP contribution in [0.5, 0.6) is 0 Å². The summed E-state index contributed by atoms with van der Waals surface area (Å²) < 4.78 is 1.78. The number of aromatic nitrogens is 5. The van der Waals surface area contributed by atoms with E-state index in [1.54, 1.807) is 15.8 Å². The molecule has 2 saturated heterocycles. The van der Waals surface area contributed by atoms with Crippen molar-refractivity contribution in [2.75, 3.05) is 49.9 Å². The largest absolute Gasteiger partial charge is 0.359 e. The van der Waals surface area contributed by atoms with Crippen molar-refractivity contribution in [2.45, 2.75) is 20.3 Å². The summed E-state index contributed by atoms with van der Waals surface area (Å²) in [5.41, 5.74) is 5.07. The number of anilines is 3. The predicted octanol–water partition coefficient (Wildman–Crippen LogP) is 1.94. The van der Waals surface area contributed by atoms with Crippen molar-refractivity contribution in [3.05, 3.63) is 47.9 Å². The van der Waals surface area contributed by atoms with Crippen LogP contribution >= 0.6 is 0 Å². The summed E-state index contributed by atoms with van der Waals surface area (Å²) in [4.78, 5) is 53.8. The number of benzene rings is 1. The molecule has 4 aromatic rings. The number of hydrogen-bond donors (Lipinski definition) is 4. The first-order valence-electron chi connectivity index (χ1n) is 14.0. The summed E-state index contributed by atoms with van der Waals surface area (Å²) in [5.74, 6) is 0.622. The van der Waals surface area contributed by atoms with Crippen LogP contribution in [0.2, 0.25) is 0 Å². The number of aryl methyl sites for hydroxylation is 3. The maximum absolute atomic E-state index is 13.1. The number of carbonyl (C=O) groups is 3. The average molecular weight is 571 g/mol. The van der Waals surface area contributed by atoms with Gasteiger partial charge in [-0.05, 0) is 38.4 Å². The number of para-hydroxylation sites is 1. The lowest BCUT2D eigenvalue weighted by atomic mass is 10.1. The summed E-state index contributed by atoms with van der Waals surface area (Å²) in [6.07, 6.45) is 4.34. The molecule has 4 N–H and O–H groups in total. The zero-order valence-corrected chi connectivity index (χ0v) is 23.9. The highest BCUT2D eigenvalue weighted by Crippen LogP contribution is 2.33. The van der Waals surface area contributed by atoms with Crippen molar-refractivity contribution >= 4 is 46.1 Å². The maximum Gasteiger partial charge on any atom is 0.239 e. The van der Waals surface area contributed by atoms with Gasteiger partial charge in [-0.15, -0.1) is 0 Å². The Hall–Kier alpha value is -4.78. The Bertz CT molecular complexity index is 1660. The molecule has 5 heterocycles. The Morgan fingerprint density at radius 3 is 2.83 bits per heavy atom. The zero-order valence-electron chi connectivity index (χ0n) is 23.9. The molecule has 3 amide bonds. The first-order chi connectivity index (χ1) is 20.2. The van der Waals surface area contributed by atoms with Gasteiger partial charge in [0.2, 0.25) is 23.7 Å². The zero-order chi connectivity index (χ0) is 29.4. The van der Waals surface area contributed by atoms with E-state index in [4.69, 9.17) is 4.98 Å². The highest BCUT2D eigenvalue weighted by atomic mass is 16.2. The molecule has 1 atom stereocenters. The fourth-order valence-electron chi connectivity index (χ4n) is 5.62. The second-order valence-electron chi connectivity index (χ2n) is 11.0. The molecule has 0 unspecified atom stereocenters. The topological polar surface area (TPSA) is 153 Å². The van der Waals surface area contributed by atoms with Crippen LogP contribution < -0.4 is 16.0 Å². The molecule has 0 aliphatic carbocycles. The first kappa shape index (κ1) is 27.4. The highest BCUT2D eigenvalue weighted by molar-refractivity contribution is 6.06. The first-order valence-corrected chi connectivity index (χ1v) is 14.0. The molecule has 13 nitrogen and oxygen atoms in total. The quantitative estimate of drug-likeness (QED) is 0.263. The van der Waals surface area contributed by atoms with Crippen LogP contribution in [-0.2, 0) is 21.4 Å². The Morgan fingerprint density at radius 2 is 2.05 bits per heavy atom. The number of hydrogen-bond acceptors (Lipinski definition) is 8. The lowest BCUT2D eigenvalue weighted by Gasteiger charge is -2.29. The van der Waals surface area contributed by atoms with Crippen LogP contribution in [0.1, 0.15) is 17.7 Å². The third-order valence-electron chi connectivity index (χ3n) is 7.91. The summed E-state index contributed by atoms with van der Waals surface area (Å²) in [6, 6.07) is 7.69. The molecule has 2 aliphatic rings. The fourth-order valence-corrected chi connectivity index (χ4v) is 5.62. The van der Waals surface area contributed by atoms with E-state index in [9.17, 15) is 14.4 Å². The molecule has 0 radical (unpaired) electrons. The minimum atomic E-state index is -0.199. The van der Waals surface area contributed by atoms with E-state index >= 15 is 0 Å². The molecule has 13 heteroatoms. The molecule has 3 aromatic heterocycles. The van der Waals surface area contributed by atoms with E-state index in [1.165, 1.54) is 0 Å². The van der Waals surface area contributed by atoms with Gasteiger partial charge < -0.3 is 25.8 Å². The molecule has 6 rings (SSSR count). The van der Waals surface area contributed by atoms with Crippen molar-refractivity contribution in [1.29, 1.82) is 0 Å². The number of nitrogens with one attached hydrogen (secondary N) is 4. The summed E-state index contributed by atoms with van der Waals surface area (Å²) in [6.45, 7) is 6.39. The number of rotatable bonds is 7. The Kier molecular flexibility index (Phi) is 7.33. The van der Waals surface area contributed by atoms with Crippen molar-refractivity contribution in [3.63, 3.8) is 0 Å². The van der Waals surface area contributed by atoms with Gasteiger partial charge in [0.1, 0.15) is 0 Å². The second kappa shape index (κ2) is 11.2. The Balaban J connectivity index is 1.13. The Morgan fingerprint density at radius 1 is 1.19 bits per heavy atom. The lowest BCUT2D eigenvalue weighted by molar-refractivity contribution is -0.141.